The highest BCUT2D eigenvalue weighted by atomic mass is 79.9. The number of fused-ring (bicyclic) bond motifs is 1. The number of aromatic nitrogens is 1. The Kier molecular flexibility index (Phi) is 4.68. The zero-order chi connectivity index (χ0) is 14.7. The van der Waals surface area contributed by atoms with Crippen molar-refractivity contribution in [2.24, 2.45) is 11.7 Å². The van der Waals surface area contributed by atoms with Gasteiger partial charge in [0.25, 0.3) is 0 Å². The van der Waals surface area contributed by atoms with E-state index in [1.54, 1.807) is 11.3 Å². The molecule has 0 radical (unpaired) electrons. The predicted octanol–water partition coefficient (Wildman–Crippen LogP) is 4.42. The molecule has 0 aliphatic heterocycles. The lowest BCUT2D eigenvalue weighted by atomic mass is 9.96. The molecule has 0 bridgehead atoms. The van der Waals surface area contributed by atoms with Gasteiger partial charge in [0.15, 0.2) is 0 Å². The van der Waals surface area contributed by atoms with E-state index in [4.69, 9.17) is 10.7 Å². The first-order valence-corrected chi connectivity index (χ1v) is 8.64. The molecule has 0 saturated heterocycles. The first kappa shape index (κ1) is 14.7. The van der Waals surface area contributed by atoms with E-state index in [1.807, 2.05) is 6.07 Å². The molecule has 3 rings (SSSR count). The Bertz CT molecular complexity index is 688. The van der Waals surface area contributed by atoms with E-state index in [1.165, 1.54) is 15.3 Å². The number of nitrogens with two attached hydrogens (primary N) is 1. The lowest BCUT2D eigenvalue weighted by Gasteiger charge is -2.13. The van der Waals surface area contributed by atoms with E-state index < -0.39 is 0 Å². The van der Waals surface area contributed by atoms with Crippen LogP contribution in [0.15, 0.2) is 53.0 Å². The van der Waals surface area contributed by atoms with Crippen molar-refractivity contribution < 1.29 is 0 Å². The van der Waals surface area contributed by atoms with Gasteiger partial charge in [-0.15, -0.1) is 11.3 Å². The first-order valence-electron chi connectivity index (χ1n) is 7.03. The molecule has 4 heteroatoms. The molecule has 0 fully saturated rings. The van der Waals surface area contributed by atoms with Crippen LogP contribution < -0.4 is 5.73 Å². The number of benzene rings is 2. The van der Waals surface area contributed by atoms with Gasteiger partial charge < -0.3 is 5.73 Å². The summed E-state index contributed by atoms with van der Waals surface area (Å²) in [7, 11) is 0. The lowest BCUT2D eigenvalue weighted by Crippen LogP contribution is -2.19. The minimum Gasteiger partial charge on any atom is -0.330 e. The molecule has 1 atom stereocenters. The highest BCUT2D eigenvalue weighted by molar-refractivity contribution is 9.10. The van der Waals surface area contributed by atoms with Crippen molar-refractivity contribution in [1.29, 1.82) is 0 Å². The van der Waals surface area contributed by atoms with E-state index in [0.29, 0.717) is 12.5 Å². The second-order valence-corrected chi connectivity index (χ2v) is 7.24. The van der Waals surface area contributed by atoms with Crippen LogP contribution in [0.3, 0.4) is 0 Å². The summed E-state index contributed by atoms with van der Waals surface area (Å²) in [5, 5.41) is 1.18. The molecule has 1 unspecified atom stereocenters. The van der Waals surface area contributed by atoms with Gasteiger partial charge in [0.2, 0.25) is 0 Å². The summed E-state index contributed by atoms with van der Waals surface area (Å²) in [6.45, 7) is 0.686. The Morgan fingerprint density at radius 2 is 1.81 bits per heavy atom. The molecule has 3 aromatic rings. The average Bonchev–Trinajstić information content (AvgIpc) is 2.91. The molecule has 108 valence electrons. The van der Waals surface area contributed by atoms with Crippen molar-refractivity contribution in [1.82, 2.24) is 4.98 Å². The fourth-order valence-electron chi connectivity index (χ4n) is 2.45. The predicted molar refractivity (Wildman–Crippen MR) is 93.7 cm³/mol. The molecule has 2 nitrogen and oxygen atoms in total. The number of halogens is 1. The van der Waals surface area contributed by atoms with Crippen molar-refractivity contribution in [3.63, 3.8) is 0 Å². The number of hydrogen-bond acceptors (Lipinski definition) is 3. The van der Waals surface area contributed by atoms with E-state index in [0.717, 1.165) is 22.8 Å². The smallest absolute Gasteiger partial charge is 0.0941 e. The van der Waals surface area contributed by atoms with Crippen LogP contribution in [0, 0.1) is 5.92 Å². The first-order chi connectivity index (χ1) is 10.2. The third kappa shape index (κ3) is 3.70. The third-order valence-corrected chi connectivity index (χ3v) is 5.16. The Balaban J connectivity index is 1.73. The molecule has 21 heavy (non-hydrogen) atoms. The number of nitrogens with zero attached hydrogens (tertiary/aromatic N) is 1. The normalized spacial score (nSPS) is 12.7. The van der Waals surface area contributed by atoms with Gasteiger partial charge in [-0.3, -0.25) is 0 Å². The summed E-state index contributed by atoms with van der Waals surface area (Å²) in [6, 6.07) is 16.8. The van der Waals surface area contributed by atoms with Crippen LogP contribution in [0.2, 0.25) is 0 Å². The van der Waals surface area contributed by atoms with Crippen molar-refractivity contribution >= 4 is 37.5 Å². The Labute approximate surface area is 137 Å². The maximum absolute atomic E-state index is 5.96. The lowest BCUT2D eigenvalue weighted by molar-refractivity contribution is 0.532. The van der Waals surface area contributed by atoms with Crippen molar-refractivity contribution in [2.45, 2.75) is 12.8 Å². The zero-order valence-corrected chi connectivity index (χ0v) is 14.0. The molecule has 0 aliphatic rings. The summed E-state index contributed by atoms with van der Waals surface area (Å²) in [5.41, 5.74) is 8.38. The van der Waals surface area contributed by atoms with Crippen molar-refractivity contribution in [3.8, 4) is 0 Å². The van der Waals surface area contributed by atoms with Gasteiger partial charge in [-0.05, 0) is 48.7 Å². The van der Waals surface area contributed by atoms with Crippen LogP contribution in [0.5, 0.6) is 0 Å². The second kappa shape index (κ2) is 6.69. The van der Waals surface area contributed by atoms with Gasteiger partial charge in [-0.1, -0.05) is 40.2 Å². The van der Waals surface area contributed by atoms with Crippen LogP contribution in [0.25, 0.3) is 10.2 Å². The van der Waals surface area contributed by atoms with Gasteiger partial charge in [-0.2, -0.15) is 0 Å². The quantitative estimate of drug-likeness (QED) is 0.731. The van der Waals surface area contributed by atoms with Crippen molar-refractivity contribution in [2.75, 3.05) is 6.54 Å². The maximum atomic E-state index is 5.96. The number of thiazole rings is 1. The van der Waals surface area contributed by atoms with E-state index in [9.17, 15) is 0 Å². The number of para-hydroxylation sites is 1. The molecule has 0 spiro atoms. The van der Waals surface area contributed by atoms with Crippen LogP contribution in [-0.4, -0.2) is 11.5 Å². The largest absolute Gasteiger partial charge is 0.330 e. The summed E-state index contributed by atoms with van der Waals surface area (Å²) >= 11 is 5.25. The second-order valence-electron chi connectivity index (χ2n) is 5.21. The number of rotatable bonds is 5. The van der Waals surface area contributed by atoms with Crippen LogP contribution >= 0.6 is 27.3 Å². The molecule has 2 N–H and O–H groups in total. The monoisotopic (exact) mass is 360 g/mol. The molecular weight excluding hydrogens is 344 g/mol. The zero-order valence-electron chi connectivity index (χ0n) is 11.6. The SMILES string of the molecule is NCC(Cc1ccc(Br)cc1)Cc1nc2ccccc2s1. The maximum Gasteiger partial charge on any atom is 0.0941 e. The topological polar surface area (TPSA) is 38.9 Å². The Hall–Kier alpha value is -1.23. The summed E-state index contributed by atoms with van der Waals surface area (Å²) < 4.78 is 2.37. The highest BCUT2D eigenvalue weighted by Crippen LogP contribution is 2.24. The fraction of sp³-hybridized carbons (Fsp3) is 0.235. The molecular formula is C17H17BrN2S. The standard InChI is InChI=1S/C17H17BrN2S/c18-14-7-5-12(6-8-14)9-13(11-19)10-17-20-15-3-1-2-4-16(15)21-17/h1-8,13H,9-11,19H2. The Morgan fingerprint density at radius 1 is 1.05 bits per heavy atom. The highest BCUT2D eigenvalue weighted by Gasteiger charge is 2.12. The Morgan fingerprint density at radius 3 is 2.52 bits per heavy atom. The fourth-order valence-corrected chi connectivity index (χ4v) is 3.79. The molecule has 1 aromatic heterocycles. The van der Waals surface area contributed by atoms with Crippen molar-refractivity contribution in [3.05, 3.63) is 63.6 Å². The summed E-state index contributed by atoms with van der Waals surface area (Å²) in [6.07, 6.45) is 1.95. The van der Waals surface area contributed by atoms with E-state index in [-0.39, 0.29) is 0 Å². The number of hydrogen-bond donors (Lipinski definition) is 1. The molecule has 0 aliphatic carbocycles. The molecule has 2 aromatic carbocycles. The summed E-state index contributed by atoms with van der Waals surface area (Å²) in [5.74, 6) is 0.437. The van der Waals surface area contributed by atoms with E-state index in [2.05, 4.69) is 58.4 Å². The molecule has 1 heterocycles. The van der Waals surface area contributed by atoms with Crippen LogP contribution in [0.4, 0.5) is 0 Å². The van der Waals surface area contributed by atoms with Gasteiger partial charge in [0, 0.05) is 10.9 Å². The van der Waals surface area contributed by atoms with E-state index >= 15 is 0 Å². The minimum absolute atomic E-state index is 0.437. The van der Waals surface area contributed by atoms with Crippen LogP contribution in [0.1, 0.15) is 10.6 Å². The third-order valence-electron chi connectivity index (χ3n) is 3.57. The van der Waals surface area contributed by atoms with Gasteiger partial charge in [-0.25, -0.2) is 4.98 Å². The molecule has 0 saturated carbocycles. The minimum atomic E-state index is 0.437. The van der Waals surface area contributed by atoms with Crippen LogP contribution in [-0.2, 0) is 12.8 Å². The van der Waals surface area contributed by atoms with Gasteiger partial charge >= 0.3 is 0 Å². The average molecular weight is 361 g/mol. The molecule has 0 amide bonds. The summed E-state index contributed by atoms with van der Waals surface area (Å²) in [4.78, 5) is 4.71. The van der Waals surface area contributed by atoms with Gasteiger partial charge in [0.05, 0.1) is 15.2 Å². The van der Waals surface area contributed by atoms with Gasteiger partial charge in [0.1, 0.15) is 0 Å².